The number of hydrogen-bond donors (Lipinski definition) is 1. The average molecular weight is 243 g/mol. The largest absolute Gasteiger partial charge is 0.469 e. The van der Waals surface area contributed by atoms with Crippen LogP contribution in [0.3, 0.4) is 0 Å². The van der Waals surface area contributed by atoms with Crippen molar-refractivity contribution < 1.29 is 18.3 Å². The summed E-state index contributed by atoms with van der Waals surface area (Å²) in [7, 11) is 1.18. The van der Waals surface area contributed by atoms with Gasteiger partial charge >= 0.3 is 5.97 Å². The lowest BCUT2D eigenvalue weighted by atomic mass is 9.93. The summed E-state index contributed by atoms with van der Waals surface area (Å²) in [6.45, 7) is 1.65. The molecule has 17 heavy (non-hydrogen) atoms. The molecular weight excluding hydrogens is 228 g/mol. The molecule has 0 bridgehead atoms. The van der Waals surface area contributed by atoms with Crippen LogP contribution < -0.4 is 5.73 Å². The SMILES string of the molecule is COC(=O)C(CCN)c1c(F)ccc(C)c1F. The van der Waals surface area contributed by atoms with Gasteiger partial charge in [-0.3, -0.25) is 4.79 Å². The molecule has 0 aliphatic carbocycles. The summed E-state index contributed by atoms with van der Waals surface area (Å²) in [5.41, 5.74) is 5.37. The van der Waals surface area contributed by atoms with Crippen molar-refractivity contribution in [1.29, 1.82) is 0 Å². The number of esters is 1. The van der Waals surface area contributed by atoms with Crippen molar-refractivity contribution in [1.82, 2.24) is 0 Å². The highest BCUT2D eigenvalue weighted by Gasteiger charge is 2.27. The lowest BCUT2D eigenvalue weighted by molar-refractivity contribution is -0.142. The van der Waals surface area contributed by atoms with E-state index in [0.717, 1.165) is 6.07 Å². The summed E-state index contributed by atoms with van der Waals surface area (Å²) < 4.78 is 32.0. The highest BCUT2D eigenvalue weighted by Crippen LogP contribution is 2.28. The first-order valence-corrected chi connectivity index (χ1v) is 5.25. The van der Waals surface area contributed by atoms with E-state index in [1.54, 1.807) is 0 Å². The topological polar surface area (TPSA) is 52.3 Å². The highest BCUT2D eigenvalue weighted by molar-refractivity contribution is 5.78. The van der Waals surface area contributed by atoms with E-state index in [-0.39, 0.29) is 24.1 Å². The Kier molecular flexibility index (Phi) is 4.57. The molecule has 0 spiro atoms. The van der Waals surface area contributed by atoms with Gasteiger partial charge in [-0.1, -0.05) is 6.07 Å². The Labute approximate surface area is 98.6 Å². The van der Waals surface area contributed by atoms with Crippen LogP contribution in [0.5, 0.6) is 0 Å². The standard InChI is InChI=1S/C12H15F2NO2/c1-7-3-4-9(13)10(11(7)14)8(5-6-15)12(16)17-2/h3-4,8H,5-6,15H2,1-2H3. The Morgan fingerprint density at radius 1 is 1.47 bits per heavy atom. The van der Waals surface area contributed by atoms with Crippen molar-refractivity contribution in [3.8, 4) is 0 Å². The van der Waals surface area contributed by atoms with E-state index in [1.165, 1.54) is 20.1 Å². The molecule has 0 amide bonds. The number of halogens is 2. The minimum atomic E-state index is -0.995. The Balaban J connectivity index is 3.26. The second-order valence-corrected chi connectivity index (χ2v) is 3.75. The molecule has 3 nitrogen and oxygen atoms in total. The zero-order chi connectivity index (χ0) is 13.0. The van der Waals surface area contributed by atoms with Gasteiger partial charge in [0, 0.05) is 5.56 Å². The number of rotatable bonds is 4. The van der Waals surface area contributed by atoms with Crippen LogP contribution in [0, 0.1) is 18.6 Å². The Morgan fingerprint density at radius 2 is 2.12 bits per heavy atom. The van der Waals surface area contributed by atoms with Crippen molar-refractivity contribution in [2.24, 2.45) is 5.73 Å². The molecule has 2 N–H and O–H groups in total. The van der Waals surface area contributed by atoms with Gasteiger partial charge in [0.25, 0.3) is 0 Å². The van der Waals surface area contributed by atoms with E-state index in [0.29, 0.717) is 0 Å². The van der Waals surface area contributed by atoms with Crippen LogP contribution in [0.25, 0.3) is 0 Å². The van der Waals surface area contributed by atoms with Crippen LogP contribution in [-0.2, 0) is 9.53 Å². The van der Waals surface area contributed by atoms with E-state index in [2.05, 4.69) is 4.74 Å². The summed E-state index contributed by atoms with van der Waals surface area (Å²) in [6, 6.07) is 2.46. The number of aryl methyl sites for hydroxylation is 1. The summed E-state index contributed by atoms with van der Waals surface area (Å²) in [5, 5.41) is 0. The van der Waals surface area contributed by atoms with Crippen molar-refractivity contribution in [2.45, 2.75) is 19.3 Å². The lowest BCUT2D eigenvalue weighted by Crippen LogP contribution is -2.20. The zero-order valence-corrected chi connectivity index (χ0v) is 9.80. The monoisotopic (exact) mass is 243 g/mol. The van der Waals surface area contributed by atoms with Gasteiger partial charge < -0.3 is 10.5 Å². The maximum absolute atomic E-state index is 13.8. The van der Waals surface area contributed by atoms with Crippen molar-refractivity contribution in [3.05, 3.63) is 34.9 Å². The molecular formula is C12H15F2NO2. The maximum Gasteiger partial charge on any atom is 0.313 e. The predicted octanol–water partition coefficient (Wildman–Crippen LogP) is 1.88. The van der Waals surface area contributed by atoms with Gasteiger partial charge in [-0.05, 0) is 31.5 Å². The van der Waals surface area contributed by atoms with Gasteiger partial charge in [-0.25, -0.2) is 8.78 Å². The van der Waals surface area contributed by atoms with Gasteiger partial charge in [-0.2, -0.15) is 0 Å². The molecule has 1 aromatic rings. The third-order valence-electron chi connectivity index (χ3n) is 2.61. The summed E-state index contributed by atoms with van der Waals surface area (Å²) >= 11 is 0. The Hall–Kier alpha value is -1.49. The fourth-order valence-electron chi connectivity index (χ4n) is 1.69. The van der Waals surface area contributed by atoms with Crippen LogP contribution in [-0.4, -0.2) is 19.6 Å². The molecule has 1 unspecified atom stereocenters. The number of benzene rings is 1. The second kappa shape index (κ2) is 5.72. The molecule has 0 aliphatic heterocycles. The zero-order valence-electron chi connectivity index (χ0n) is 9.80. The fraction of sp³-hybridized carbons (Fsp3) is 0.417. The van der Waals surface area contributed by atoms with Crippen molar-refractivity contribution in [2.75, 3.05) is 13.7 Å². The third-order valence-corrected chi connectivity index (χ3v) is 2.61. The first kappa shape index (κ1) is 13.6. The van der Waals surface area contributed by atoms with E-state index in [9.17, 15) is 13.6 Å². The first-order chi connectivity index (χ1) is 8.02. The van der Waals surface area contributed by atoms with Crippen LogP contribution >= 0.6 is 0 Å². The van der Waals surface area contributed by atoms with Crippen LogP contribution in [0.4, 0.5) is 8.78 Å². The molecule has 0 radical (unpaired) electrons. The number of methoxy groups -OCH3 is 1. The molecule has 0 saturated heterocycles. The number of hydrogen-bond acceptors (Lipinski definition) is 3. The van der Waals surface area contributed by atoms with Gasteiger partial charge in [-0.15, -0.1) is 0 Å². The fourth-order valence-corrected chi connectivity index (χ4v) is 1.69. The predicted molar refractivity (Wildman–Crippen MR) is 59.5 cm³/mol. The number of carbonyl (C=O) groups excluding carboxylic acids is 1. The lowest BCUT2D eigenvalue weighted by Gasteiger charge is -2.16. The smallest absolute Gasteiger partial charge is 0.313 e. The minimum absolute atomic E-state index is 0.143. The molecule has 5 heteroatoms. The van der Waals surface area contributed by atoms with Crippen LogP contribution in [0.1, 0.15) is 23.5 Å². The summed E-state index contributed by atoms with van der Waals surface area (Å²) in [5.74, 6) is -3.14. The second-order valence-electron chi connectivity index (χ2n) is 3.75. The van der Waals surface area contributed by atoms with Crippen LogP contribution in [0.2, 0.25) is 0 Å². The normalized spacial score (nSPS) is 12.3. The van der Waals surface area contributed by atoms with E-state index >= 15 is 0 Å². The van der Waals surface area contributed by atoms with E-state index in [4.69, 9.17) is 5.73 Å². The Morgan fingerprint density at radius 3 is 2.65 bits per heavy atom. The highest BCUT2D eigenvalue weighted by atomic mass is 19.1. The number of nitrogens with two attached hydrogens (primary N) is 1. The molecule has 0 aromatic heterocycles. The number of carbonyl (C=O) groups is 1. The molecule has 0 aliphatic rings. The molecule has 94 valence electrons. The van der Waals surface area contributed by atoms with E-state index < -0.39 is 23.5 Å². The van der Waals surface area contributed by atoms with Crippen molar-refractivity contribution >= 4 is 5.97 Å². The average Bonchev–Trinajstić information content (AvgIpc) is 2.32. The van der Waals surface area contributed by atoms with Gasteiger partial charge in [0.15, 0.2) is 0 Å². The number of ether oxygens (including phenoxy) is 1. The molecule has 1 rings (SSSR count). The molecule has 0 saturated carbocycles. The van der Waals surface area contributed by atoms with Gasteiger partial charge in [0.2, 0.25) is 0 Å². The first-order valence-electron chi connectivity index (χ1n) is 5.25. The van der Waals surface area contributed by atoms with E-state index in [1.807, 2.05) is 0 Å². The van der Waals surface area contributed by atoms with Gasteiger partial charge in [0.1, 0.15) is 11.6 Å². The third kappa shape index (κ3) is 2.79. The van der Waals surface area contributed by atoms with Crippen LogP contribution in [0.15, 0.2) is 12.1 Å². The molecule has 1 atom stereocenters. The molecule has 0 heterocycles. The maximum atomic E-state index is 13.8. The Bertz CT molecular complexity index is 421. The summed E-state index contributed by atoms with van der Waals surface area (Å²) in [6.07, 6.45) is 0.143. The quantitative estimate of drug-likeness (QED) is 0.821. The van der Waals surface area contributed by atoms with Gasteiger partial charge in [0.05, 0.1) is 13.0 Å². The van der Waals surface area contributed by atoms with Crippen molar-refractivity contribution in [3.63, 3.8) is 0 Å². The molecule has 0 fully saturated rings. The molecule has 1 aromatic carbocycles. The summed E-state index contributed by atoms with van der Waals surface area (Å²) in [4.78, 5) is 11.5. The minimum Gasteiger partial charge on any atom is -0.469 e.